The number of carbonyl (C=O) groups excluding carboxylic acids is 2. The molecule has 2 fully saturated rings. The molecule has 4 rings (SSSR count). The number of nitrogens with zero attached hydrogens (tertiary/aromatic N) is 4. The Bertz CT molecular complexity index is 1370. The highest BCUT2D eigenvalue weighted by molar-refractivity contribution is 7.93. The van der Waals surface area contributed by atoms with Crippen LogP contribution in [0.4, 0.5) is 29.5 Å². The highest BCUT2D eigenvalue weighted by atomic mass is 32.2. The summed E-state index contributed by atoms with van der Waals surface area (Å²) in [5.74, 6) is -0.739. The molecule has 1 saturated heterocycles. The van der Waals surface area contributed by atoms with Crippen LogP contribution in [0.5, 0.6) is 0 Å². The molecule has 1 spiro atoms. The highest BCUT2D eigenvalue weighted by Gasteiger charge is 2.45. The molecule has 1 aromatic heterocycles. The molecule has 2 heterocycles. The lowest BCUT2D eigenvalue weighted by Gasteiger charge is -2.33. The van der Waals surface area contributed by atoms with Gasteiger partial charge in [0.1, 0.15) is 5.60 Å². The summed E-state index contributed by atoms with van der Waals surface area (Å²) in [7, 11) is -3.24. The van der Waals surface area contributed by atoms with E-state index in [0.717, 1.165) is 25.7 Å². The van der Waals surface area contributed by atoms with Gasteiger partial charge in [-0.3, -0.25) is 4.79 Å². The Balaban J connectivity index is 1.61. The van der Waals surface area contributed by atoms with Gasteiger partial charge in [0.05, 0.1) is 15.3 Å². The van der Waals surface area contributed by atoms with E-state index in [-0.39, 0.29) is 22.0 Å². The van der Waals surface area contributed by atoms with Crippen molar-refractivity contribution >= 4 is 33.2 Å². The summed E-state index contributed by atoms with van der Waals surface area (Å²) in [6.45, 7) is 6.08. The van der Waals surface area contributed by atoms with Crippen LogP contribution < -0.4 is 10.2 Å². The number of ether oxygens (including phenoxy) is 1. The third kappa shape index (κ3) is 6.61. The molecule has 0 bridgehead atoms. The quantitative estimate of drug-likeness (QED) is 0.530. The van der Waals surface area contributed by atoms with Gasteiger partial charge < -0.3 is 15.0 Å². The number of carbonyl (C=O) groups is 2. The second-order valence-electron chi connectivity index (χ2n) is 10.8. The maximum atomic E-state index is 13.4. The molecule has 0 radical (unpaired) electrons. The number of anilines is 2. The van der Waals surface area contributed by atoms with Crippen LogP contribution in [-0.2, 0) is 20.6 Å². The average molecular weight is 554 g/mol. The van der Waals surface area contributed by atoms with Gasteiger partial charge in [-0.2, -0.15) is 13.2 Å². The van der Waals surface area contributed by atoms with Gasteiger partial charge in [0, 0.05) is 29.9 Å². The van der Waals surface area contributed by atoms with Gasteiger partial charge in [0.25, 0.3) is 5.91 Å². The standard InChI is InChI=1S/C25H30F3N5O4S/c1-23(2,3)37-22(35)32-38(4,36)17-7-5-6-16(14-17)29-21(34)18-15-19(25(26,27)28)30-31-20(18)33-12-10-24(8-9-24)11-13-33/h5-7,14-15H,8-13H2,1-4H3,(H,29,34). The Labute approximate surface area is 219 Å². The Morgan fingerprint density at radius 3 is 2.32 bits per heavy atom. The Morgan fingerprint density at radius 2 is 1.74 bits per heavy atom. The summed E-state index contributed by atoms with van der Waals surface area (Å²) < 4.78 is 62.1. The first kappa shape index (κ1) is 27.8. The number of rotatable bonds is 4. The van der Waals surface area contributed by atoms with E-state index < -0.39 is 39.2 Å². The second-order valence-corrected chi connectivity index (χ2v) is 13.1. The van der Waals surface area contributed by atoms with Gasteiger partial charge in [-0.15, -0.1) is 14.6 Å². The van der Waals surface area contributed by atoms with Crippen molar-refractivity contribution in [2.75, 3.05) is 29.6 Å². The van der Waals surface area contributed by atoms with E-state index >= 15 is 0 Å². The molecule has 206 valence electrons. The summed E-state index contributed by atoms with van der Waals surface area (Å²) >= 11 is 0. The fourth-order valence-corrected chi connectivity index (χ4v) is 5.38. The average Bonchev–Trinajstić information content (AvgIpc) is 3.56. The van der Waals surface area contributed by atoms with Crippen molar-refractivity contribution in [1.29, 1.82) is 0 Å². The molecule has 13 heteroatoms. The van der Waals surface area contributed by atoms with Gasteiger partial charge in [0.15, 0.2) is 11.5 Å². The first-order valence-corrected chi connectivity index (χ1v) is 14.1. The molecule has 1 saturated carbocycles. The summed E-state index contributed by atoms with van der Waals surface area (Å²) in [6, 6.07) is 6.50. The molecule has 38 heavy (non-hydrogen) atoms. The molecule has 2 aromatic rings. The first-order valence-electron chi connectivity index (χ1n) is 12.1. The zero-order chi connectivity index (χ0) is 27.9. The number of amides is 2. The molecule has 1 atom stereocenters. The zero-order valence-electron chi connectivity index (χ0n) is 21.6. The minimum absolute atomic E-state index is 0.0846. The lowest BCUT2D eigenvalue weighted by atomic mass is 9.93. The van der Waals surface area contributed by atoms with Gasteiger partial charge >= 0.3 is 12.3 Å². The normalized spacial score (nSPS) is 18.4. The number of benzene rings is 1. The van der Waals surface area contributed by atoms with Gasteiger partial charge in [-0.05, 0) is 76.1 Å². The predicted molar refractivity (Wildman–Crippen MR) is 136 cm³/mol. The Kier molecular flexibility index (Phi) is 7.19. The minimum Gasteiger partial charge on any atom is -0.442 e. The van der Waals surface area contributed by atoms with Gasteiger partial charge in [-0.1, -0.05) is 6.07 Å². The van der Waals surface area contributed by atoms with Gasteiger partial charge in [0.2, 0.25) is 0 Å². The molecule has 1 aliphatic heterocycles. The lowest BCUT2D eigenvalue weighted by Crippen LogP contribution is -2.37. The van der Waals surface area contributed by atoms with Crippen LogP contribution in [0.2, 0.25) is 0 Å². The van der Waals surface area contributed by atoms with Crippen LogP contribution >= 0.6 is 0 Å². The fourth-order valence-electron chi connectivity index (χ4n) is 4.28. The van der Waals surface area contributed by atoms with Crippen molar-refractivity contribution < 1.29 is 31.7 Å². The number of piperidine rings is 1. The predicted octanol–water partition coefficient (Wildman–Crippen LogP) is 5.52. The van der Waals surface area contributed by atoms with Crippen molar-refractivity contribution in [3.05, 3.63) is 41.6 Å². The third-order valence-corrected chi connectivity index (χ3v) is 8.19. The molecule has 1 unspecified atom stereocenters. The lowest BCUT2D eigenvalue weighted by molar-refractivity contribution is -0.141. The van der Waals surface area contributed by atoms with Crippen molar-refractivity contribution in [1.82, 2.24) is 10.2 Å². The van der Waals surface area contributed by atoms with E-state index in [0.29, 0.717) is 24.6 Å². The number of hydrogen-bond donors (Lipinski definition) is 1. The number of halogens is 3. The molecule has 1 aromatic carbocycles. The highest BCUT2D eigenvalue weighted by Crippen LogP contribution is 2.54. The van der Waals surface area contributed by atoms with Crippen LogP contribution in [0.3, 0.4) is 0 Å². The number of hydrogen-bond acceptors (Lipinski definition) is 7. The first-order chi connectivity index (χ1) is 17.6. The summed E-state index contributed by atoms with van der Waals surface area (Å²) in [5.41, 5.74) is -1.89. The summed E-state index contributed by atoms with van der Waals surface area (Å²) in [6.07, 6.45) is -0.483. The number of alkyl halides is 3. The summed E-state index contributed by atoms with van der Waals surface area (Å²) in [5, 5.41) is 9.70. The maximum Gasteiger partial charge on any atom is 0.442 e. The number of nitrogens with one attached hydrogen (secondary N) is 1. The van der Waals surface area contributed by atoms with E-state index in [1.807, 2.05) is 0 Å². The fraction of sp³-hybridized carbons (Fsp3) is 0.520. The SMILES string of the molecule is CC(C)(C)OC(=O)N=S(C)(=O)c1cccc(NC(=O)c2cc(C(F)(F)F)nnc2N2CCC3(CC2)CC3)c1. The van der Waals surface area contributed by atoms with Crippen LogP contribution in [0, 0.1) is 5.41 Å². The summed E-state index contributed by atoms with van der Waals surface area (Å²) in [4.78, 5) is 27.3. The van der Waals surface area contributed by atoms with E-state index in [4.69, 9.17) is 4.74 Å². The monoisotopic (exact) mass is 553 g/mol. The van der Waals surface area contributed by atoms with E-state index in [1.165, 1.54) is 30.5 Å². The smallest absolute Gasteiger partial charge is 0.442 e. The van der Waals surface area contributed by atoms with Crippen LogP contribution in [-0.4, -0.2) is 51.4 Å². The topological polar surface area (TPSA) is 114 Å². The second kappa shape index (κ2) is 9.83. The Hall–Kier alpha value is -3.22. The molecular weight excluding hydrogens is 523 g/mol. The number of aromatic nitrogens is 2. The van der Waals surface area contributed by atoms with Crippen molar-refractivity contribution in [3.8, 4) is 0 Å². The third-order valence-electron chi connectivity index (χ3n) is 6.56. The van der Waals surface area contributed by atoms with Crippen LogP contribution in [0.25, 0.3) is 0 Å². The van der Waals surface area contributed by atoms with Crippen molar-refractivity contribution in [2.45, 2.75) is 63.1 Å². The van der Waals surface area contributed by atoms with E-state index in [2.05, 4.69) is 19.9 Å². The van der Waals surface area contributed by atoms with Crippen molar-refractivity contribution in [2.24, 2.45) is 9.78 Å². The molecule has 2 aliphatic rings. The minimum atomic E-state index is -4.78. The van der Waals surface area contributed by atoms with Gasteiger partial charge in [-0.25, -0.2) is 9.00 Å². The molecule has 2 amide bonds. The van der Waals surface area contributed by atoms with E-state index in [9.17, 15) is 27.0 Å². The largest absolute Gasteiger partial charge is 0.442 e. The van der Waals surface area contributed by atoms with Crippen LogP contribution in [0.1, 0.15) is 62.5 Å². The molecule has 9 nitrogen and oxygen atoms in total. The van der Waals surface area contributed by atoms with Crippen molar-refractivity contribution in [3.63, 3.8) is 0 Å². The van der Waals surface area contributed by atoms with Crippen LogP contribution in [0.15, 0.2) is 39.6 Å². The Morgan fingerprint density at radius 1 is 1.08 bits per heavy atom. The van der Waals surface area contributed by atoms with E-state index in [1.54, 1.807) is 25.7 Å². The molecule has 1 aliphatic carbocycles. The molecular formula is C25H30F3N5O4S. The molecule has 1 N–H and O–H groups in total. The maximum absolute atomic E-state index is 13.4. The zero-order valence-corrected chi connectivity index (χ0v) is 22.4.